The fraction of sp³-hybridized carbons (Fsp3) is 0.364. The first kappa shape index (κ1) is 12.4. The summed E-state index contributed by atoms with van der Waals surface area (Å²) in [6.45, 7) is -0.137. The van der Waals surface area contributed by atoms with Crippen LogP contribution in [0.4, 0.5) is 8.78 Å². The molecule has 0 bridgehead atoms. The molecule has 1 saturated heterocycles. The third kappa shape index (κ3) is 2.47. The van der Waals surface area contributed by atoms with E-state index in [2.05, 4.69) is 15.9 Å². The van der Waals surface area contributed by atoms with Gasteiger partial charge in [0.05, 0.1) is 0 Å². The third-order valence-electron chi connectivity index (χ3n) is 2.53. The van der Waals surface area contributed by atoms with Crippen molar-refractivity contribution in [3.63, 3.8) is 0 Å². The number of benzene rings is 1. The second kappa shape index (κ2) is 4.70. The van der Waals surface area contributed by atoms with Crippen LogP contribution in [-0.2, 0) is 20.7 Å². The molecule has 1 aromatic rings. The normalized spacial score (nSPS) is 23.8. The lowest BCUT2D eigenvalue weighted by Crippen LogP contribution is -2.40. The topological polar surface area (TPSA) is 35.5 Å². The zero-order valence-electron chi connectivity index (χ0n) is 8.71. The number of cyclic esters (lactones) is 1. The van der Waals surface area contributed by atoms with E-state index in [0.29, 0.717) is 5.56 Å². The third-order valence-corrected chi connectivity index (χ3v) is 3.43. The van der Waals surface area contributed by atoms with Gasteiger partial charge in [0.15, 0.2) is 12.4 Å². The Hall–Kier alpha value is -1.01. The van der Waals surface area contributed by atoms with Crippen LogP contribution in [0.2, 0.25) is 0 Å². The summed E-state index contributed by atoms with van der Waals surface area (Å²) < 4.78 is 36.0. The number of rotatable bonds is 3. The quantitative estimate of drug-likeness (QED) is 0.634. The Labute approximate surface area is 105 Å². The molecule has 1 heterocycles. The van der Waals surface area contributed by atoms with Crippen molar-refractivity contribution in [3.8, 4) is 0 Å². The maximum absolute atomic E-state index is 13.0. The molecular formula is C11H9BrF2O3. The molecule has 1 aliphatic rings. The SMILES string of the molecule is O=C1OCO[C@]1(CBr)Cc1cc(F)cc(F)c1. The summed E-state index contributed by atoms with van der Waals surface area (Å²) in [6, 6.07) is 3.11. The summed E-state index contributed by atoms with van der Waals surface area (Å²) in [5.41, 5.74) is -0.846. The molecule has 0 N–H and O–H groups in total. The summed E-state index contributed by atoms with van der Waals surface area (Å²) in [4.78, 5) is 11.5. The lowest BCUT2D eigenvalue weighted by atomic mass is 9.96. The first-order valence-corrected chi connectivity index (χ1v) is 6.00. The van der Waals surface area contributed by atoms with Gasteiger partial charge in [-0.15, -0.1) is 0 Å². The molecule has 1 aromatic carbocycles. The van der Waals surface area contributed by atoms with Gasteiger partial charge in [-0.05, 0) is 17.7 Å². The Balaban J connectivity index is 2.27. The fourth-order valence-corrected chi connectivity index (χ4v) is 2.28. The molecule has 6 heteroatoms. The van der Waals surface area contributed by atoms with Crippen LogP contribution in [0.15, 0.2) is 18.2 Å². The maximum atomic E-state index is 13.0. The van der Waals surface area contributed by atoms with E-state index in [0.717, 1.165) is 6.07 Å². The van der Waals surface area contributed by atoms with Crippen LogP contribution in [0.25, 0.3) is 0 Å². The first-order valence-electron chi connectivity index (χ1n) is 4.88. The van der Waals surface area contributed by atoms with Crippen molar-refractivity contribution in [1.82, 2.24) is 0 Å². The Morgan fingerprint density at radius 1 is 1.29 bits per heavy atom. The van der Waals surface area contributed by atoms with Crippen LogP contribution < -0.4 is 0 Å². The molecular weight excluding hydrogens is 298 g/mol. The van der Waals surface area contributed by atoms with E-state index >= 15 is 0 Å². The van der Waals surface area contributed by atoms with E-state index in [1.807, 2.05) is 0 Å². The Bertz CT molecular complexity index is 432. The molecule has 92 valence electrons. The minimum atomic E-state index is -1.19. The average Bonchev–Trinajstić information content (AvgIpc) is 2.59. The van der Waals surface area contributed by atoms with E-state index in [4.69, 9.17) is 9.47 Å². The number of hydrogen-bond acceptors (Lipinski definition) is 3. The van der Waals surface area contributed by atoms with Crippen molar-refractivity contribution in [1.29, 1.82) is 0 Å². The van der Waals surface area contributed by atoms with Gasteiger partial charge in [0.1, 0.15) is 11.6 Å². The van der Waals surface area contributed by atoms with Crippen LogP contribution in [-0.4, -0.2) is 23.7 Å². The van der Waals surface area contributed by atoms with Crippen LogP contribution in [0, 0.1) is 11.6 Å². The fourth-order valence-electron chi connectivity index (χ4n) is 1.69. The summed E-state index contributed by atoms with van der Waals surface area (Å²) in [7, 11) is 0. The molecule has 0 radical (unpaired) electrons. The zero-order valence-corrected chi connectivity index (χ0v) is 10.3. The first-order chi connectivity index (χ1) is 8.05. The molecule has 17 heavy (non-hydrogen) atoms. The van der Waals surface area contributed by atoms with Gasteiger partial charge in [-0.25, -0.2) is 13.6 Å². The summed E-state index contributed by atoms with van der Waals surface area (Å²) >= 11 is 3.15. The van der Waals surface area contributed by atoms with Crippen LogP contribution in [0.5, 0.6) is 0 Å². The maximum Gasteiger partial charge on any atom is 0.341 e. The van der Waals surface area contributed by atoms with E-state index in [1.54, 1.807) is 0 Å². The minimum Gasteiger partial charge on any atom is -0.436 e. The molecule has 0 spiro atoms. The molecule has 0 unspecified atom stereocenters. The lowest BCUT2D eigenvalue weighted by Gasteiger charge is -2.20. The second-order valence-corrected chi connectivity index (χ2v) is 4.34. The number of halogens is 3. The highest BCUT2D eigenvalue weighted by atomic mass is 79.9. The Kier molecular flexibility index (Phi) is 3.44. The Morgan fingerprint density at radius 2 is 1.94 bits per heavy atom. The molecule has 0 amide bonds. The summed E-state index contributed by atoms with van der Waals surface area (Å²) in [5, 5.41) is 0.205. The predicted molar refractivity (Wildman–Crippen MR) is 58.6 cm³/mol. The molecule has 1 atom stereocenters. The lowest BCUT2D eigenvalue weighted by molar-refractivity contribution is -0.142. The van der Waals surface area contributed by atoms with Crippen LogP contribution in [0.1, 0.15) is 5.56 Å². The van der Waals surface area contributed by atoms with Gasteiger partial charge < -0.3 is 9.47 Å². The monoisotopic (exact) mass is 306 g/mol. The summed E-state index contributed by atoms with van der Waals surface area (Å²) in [6.07, 6.45) is 0.0613. The van der Waals surface area contributed by atoms with Crippen LogP contribution >= 0.6 is 15.9 Å². The summed E-state index contributed by atoms with van der Waals surface area (Å²) in [5.74, 6) is -1.90. The number of hydrogen-bond donors (Lipinski definition) is 0. The molecule has 1 fully saturated rings. The van der Waals surface area contributed by atoms with E-state index in [9.17, 15) is 13.6 Å². The molecule has 0 saturated carbocycles. The second-order valence-electron chi connectivity index (χ2n) is 3.78. The standard InChI is InChI=1S/C11H9BrF2O3/c12-5-11(10(15)16-6-17-11)4-7-1-8(13)3-9(14)2-7/h1-3H,4-6H2/t11-/m0/s1. The van der Waals surface area contributed by atoms with Crippen molar-refractivity contribution >= 4 is 21.9 Å². The number of carbonyl (C=O) groups excluding carboxylic acids is 1. The predicted octanol–water partition coefficient (Wildman–Crippen LogP) is 2.17. The van der Waals surface area contributed by atoms with Gasteiger partial charge in [0.2, 0.25) is 0 Å². The largest absolute Gasteiger partial charge is 0.436 e. The Morgan fingerprint density at radius 3 is 2.41 bits per heavy atom. The smallest absolute Gasteiger partial charge is 0.341 e. The molecule has 0 aromatic heterocycles. The highest BCUT2D eigenvalue weighted by molar-refractivity contribution is 9.09. The van der Waals surface area contributed by atoms with Gasteiger partial charge in [-0.3, -0.25) is 0 Å². The highest BCUT2D eigenvalue weighted by Crippen LogP contribution is 2.27. The molecule has 3 nitrogen and oxygen atoms in total. The van der Waals surface area contributed by atoms with E-state index < -0.39 is 23.2 Å². The average molecular weight is 307 g/mol. The number of ether oxygens (including phenoxy) is 2. The van der Waals surface area contributed by atoms with Crippen LogP contribution in [0.3, 0.4) is 0 Å². The van der Waals surface area contributed by atoms with Crippen molar-refractivity contribution in [3.05, 3.63) is 35.4 Å². The van der Waals surface area contributed by atoms with Crippen molar-refractivity contribution in [2.24, 2.45) is 0 Å². The molecule has 0 aliphatic carbocycles. The highest BCUT2D eigenvalue weighted by Gasteiger charge is 2.45. The van der Waals surface area contributed by atoms with Crippen molar-refractivity contribution < 1.29 is 23.0 Å². The van der Waals surface area contributed by atoms with E-state index in [-0.39, 0.29) is 18.5 Å². The minimum absolute atomic E-state index is 0.0613. The number of esters is 1. The van der Waals surface area contributed by atoms with Gasteiger partial charge >= 0.3 is 5.97 Å². The van der Waals surface area contributed by atoms with Crippen molar-refractivity contribution in [2.75, 3.05) is 12.1 Å². The molecule has 1 aliphatic heterocycles. The van der Waals surface area contributed by atoms with E-state index in [1.165, 1.54) is 12.1 Å². The van der Waals surface area contributed by atoms with Gasteiger partial charge in [0, 0.05) is 17.8 Å². The molecule has 2 rings (SSSR count). The zero-order chi connectivity index (χ0) is 12.5. The van der Waals surface area contributed by atoms with Crippen molar-refractivity contribution in [2.45, 2.75) is 12.0 Å². The van der Waals surface area contributed by atoms with Gasteiger partial charge in [-0.2, -0.15) is 0 Å². The van der Waals surface area contributed by atoms with Gasteiger partial charge in [-0.1, -0.05) is 15.9 Å². The number of carbonyl (C=O) groups is 1. The number of alkyl halides is 1. The van der Waals surface area contributed by atoms with Gasteiger partial charge in [0.25, 0.3) is 0 Å².